The first-order valence-electron chi connectivity index (χ1n) is 5.39. The van der Waals surface area contributed by atoms with Gasteiger partial charge in [-0.15, -0.1) is 0 Å². The molecule has 0 amide bonds. The summed E-state index contributed by atoms with van der Waals surface area (Å²) in [7, 11) is 0. The number of nitrogens with one attached hydrogen (secondary N) is 2. The lowest BCUT2D eigenvalue weighted by molar-refractivity contribution is 1.04. The van der Waals surface area contributed by atoms with Gasteiger partial charge >= 0.3 is 0 Å². The maximum absolute atomic E-state index is 5.22. The molecule has 0 bridgehead atoms. The predicted octanol–water partition coefficient (Wildman–Crippen LogP) is 3.03. The molecule has 0 radical (unpaired) electrons. The number of hydrogen-bond acceptors (Lipinski definition) is 2. The van der Waals surface area contributed by atoms with E-state index in [1.54, 1.807) is 6.33 Å². The fraction of sp³-hybridized carbons (Fsp3) is 0.167. The Hall–Kier alpha value is -1.88. The van der Waals surface area contributed by atoms with Gasteiger partial charge in [0.15, 0.2) is 4.77 Å². The van der Waals surface area contributed by atoms with Crippen molar-refractivity contribution in [2.24, 2.45) is 0 Å². The fourth-order valence-corrected chi connectivity index (χ4v) is 2.34. The smallest absolute Gasteiger partial charge is 0.199 e. The minimum Gasteiger partial charge on any atom is -0.358 e. The van der Waals surface area contributed by atoms with Gasteiger partial charge in [0.2, 0.25) is 0 Å². The lowest BCUT2D eigenvalue weighted by Gasteiger charge is -2.04. The first-order chi connectivity index (χ1) is 8.18. The number of aromatic amines is 2. The third kappa shape index (κ3) is 1.43. The number of rotatable bonds is 1. The summed E-state index contributed by atoms with van der Waals surface area (Å²) in [5, 5.41) is 7.94. The molecule has 2 N–H and O–H groups in total. The van der Waals surface area contributed by atoms with Crippen LogP contribution in [0.2, 0.25) is 0 Å². The lowest BCUT2D eigenvalue weighted by atomic mass is 10.1. The molecule has 5 heteroatoms. The van der Waals surface area contributed by atoms with E-state index in [-0.39, 0.29) is 0 Å². The van der Waals surface area contributed by atoms with Gasteiger partial charge in [-0.05, 0) is 43.8 Å². The molecule has 2 heterocycles. The van der Waals surface area contributed by atoms with Crippen LogP contribution in [0.15, 0.2) is 24.5 Å². The first-order valence-corrected chi connectivity index (χ1v) is 5.79. The van der Waals surface area contributed by atoms with Crippen molar-refractivity contribution < 1.29 is 0 Å². The summed E-state index contributed by atoms with van der Waals surface area (Å²) >= 11 is 5.22. The SMILES string of the molecule is Cc1[nH]c2cccc(-n3cn[nH]c3=S)c2c1C. The van der Waals surface area contributed by atoms with Crippen LogP contribution in [0.3, 0.4) is 0 Å². The second-order valence-electron chi connectivity index (χ2n) is 4.11. The topological polar surface area (TPSA) is 49.4 Å². The van der Waals surface area contributed by atoms with Crippen LogP contribution in [-0.2, 0) is 0 Å². The maximum Gasteiger partial charge on any atom is 0.199 e. The summed E-state index contributed by atoms with van der Waals surface area (Å²) in [6, 6.07) is 6.14. The maximum atomic E-state index is 5.22. The van der Waals surface area contributed by atoms with E-state index in [0.29, 0.717) is 4.77 Å². The molecule has 0 saturated carbocycles. The highest BCUT2D eigenvalue weighted by Gasteiger charge is 2.10. The van der Waals surface area contributed by atoms with Gasteiger partial charge in [-0.25, -0.2) is 0 Å². The molecule has 17 heavy (non-hydrogen) atoms. The van der Waals surface area contributed by atoms with Crippen LogP contribution >= 0.6 is 12.2 Å². The predicted molar refractivity (Wildman–Crippen MR) is 70.1 cm³/mol. The zero-order valence-corrected chi connectivity index (χ0v) is 10.4. The third-order valence-electron chi connectivity index (χ3n) is 3.11. The number of H-pyrrole nitrogens is 2. The normalized spacial score (nSPS) is 11.2. The van der Waals surface area contributed by atoms with Crippen molar-refractivity contribution in [1.82, 2.24) is 19.7 Å². The average Bonchev–Trinajstić information content (AvgIpc) is 2.85. The fourth-order valence-electron chi connectivity index (χ4n) is 2.14. The Morgan fingerprint density at radius 1 is 1.29 bits per heavy atom. The standard InChI is InChI=1S/C12H12N4S/c1-7-8(2)14-9-4-3-5-10(11(7)9)16-6-13-15-12(16)17/h3-6,14H,1-2H3,(H,15,17). The Morgan fingerprint density at radius 3 is 2.82 bits per heavy atom. The van der Waals surface area contributed by atoms with E-state index in [4.69, 9.17) is 12.2 Å². The summed E-state index contributed by atoms with van der Waals surface area (Å²) < 4.78 is 2.49. The molecule has 0 saturated heterocycles. The molecule has 0 atom stereocenters. The van der Waals surface area contributed by atoms with Gasteiger partial charge in [0.25, 0.3) is 0 Å². The summed E-state index contributed by atoms with van der Waals surface area (Å²) in [4.78, 5) is 3.37. The van der Waals surface area contributed by atoms with Crippen molar-refractivity contribution in [3.63, 3.8) is 0 Å². The molecular weight excluding hydrogens is 232 g/mol. The number of nitrogens with zero attached hydrogens (tertiary/aromatic N) is 2. The van der Waals surface area contributed by atoms with E-state index >= 15 is 0 Å². The quantitative estimate of drug-likeness (QED) is 0.646. The lowest BCUT2D eigenvalue weighted by Crippen LogP contribution is -1.93. The highest BCUT2D eigenvalue weighted by Crippen LogP contribution is 2.27. The van der Waals surface area contributed by atoms with Crippen molar-refractivity contribution in [3.05, 3.63) is 40.6 Å². The monoisotopic (exact) mass is 244 g/mol. The van der Waals surface area contributed by atoms with Crippen molar-refractivity contribution in [1.29, 1.82) is 0 Å². The van der Waals surface area contributed by atoms with Crippen LogP contribution in [-0.4, -0.2) is 19.7 Å². The summed E-state index contributed by atoms with van der Waals surface area (Å²) in [6.07, 6.45) is 1.71. The Bertz CT molecular complexity index is 747. The van der Waals surface area contributed by atoms with Crippen LogP contribution in [0.4, 0.5) is 0 Å². The van der Waals surface area contributed by atoms with Crippen molar-refractivity contribution in [2.45, 2.75) is 13.8 Å². The van der Waals surface area contributed by atoms with Crippen molar-refractivity contribution >= 4 is 23.1 Å². The second-order valence-corrected chi connectivity index (χ2v) is 4.49. The highest BCUT2D eigenvalue weighted by atomic mass is 32.1. The van der Waals surface area contributed by atoms with Crippen LogP contribution in [0.25, 0.3) is 16.6 Å². The summed E-state index contributed by atoms with van der Waals surface area (Å²) in [5.41, 5.74) is 4.62. The molecular formula is C12H12N4S. The number of benzene rings is 1. The molecule has 2 aromatic heterocycles. The molecule has 0 unspecified atom stereocenters. The zero-order chi connectivity index (χ0) is 12.0. The van der Waals surface area contributed by atoms with Crippen LogP contribution in [0.1, 0.15) is 11.3 Å². The number of aryl methyl sites for hydroxylation is 2. The second kappa shape index (κ2) is 3.56. The third-order valence-corrected chi connectivity index (χ3v) is 3.40. The van der Waals surface area contributed by atoms with E-state index in [9.17, 15) is 0 Å². The van der Waals surface area contributed by atoms with Crippen molar-refractivity contribution in [2.75, 3.05) is 0 Å². The molecule has 0 aliphatic carbocycles. The molecule has 0 fully saturated rings. The van der Waals surface area contributed by atoms with Gasteiger partial charge < -0.3 is 4.98 Å². The van der Waals surface area contributed by atoms with Crippen LogP contribution < -0.4 is 0 Å². The molecule has 4 nitrogen and oxygen atoms in total. The number of aromatic nitrogens is 4. The largest absolute Gasteiger partial charge is 0.358 e. The van der Waals surface area contributed by atoms with Crippen LogP contribution in [0.5, 0.6) is 0 Å². The molecule has 0 aliphatic rings. The zero-order valence-electron chi connectivity index (χ0n) is 9.61. The minimum atomic E-state index is 0.607. The van der Waals surface area contributed by atoms with Gasteiger partial charge in [-0.3, -0.25) is 9.67 Å². The van der Waals surface area contributed by atoms with Gasteiger partial charge in [0, 0.05) is 16.6 Å². The first kappa shape index (κ1) is 10.3. The number of fused-ring (bicyclic) bond motifs is 1. The van der Waals surface area contributed by atoms with E-state index in [1.165, 1.54) is 16.6 Å². The molecule has 1 aromatic carbocycles. The van der Waals surface area contributed by atoms with Crippen LogP contribution in [0, 0.1) is 18.6 Å². The van der Waals surface area contributed by atoms with Gasteiger partial charge in [0.1, 0.15) is 6.33 Å². The van der Waals surface area contributed by atoms with E-state index in [2.05, 4.69) is 35.1 Å². The average molecular weight is 244 g/mol. The molecule has 0 aliphatic heterocycles. The molecule has 3 aromatic rings. The summed E-state index contributed by atoms with van der Waals surface area (Å²) in [6.45, 7) is 4.19. The van der Waals surface area contributed by atoms with Gasteiger partial charge in [-0.2, -0.15) is 5.10 Å². The Kier molecular flexibility index (Phi) is 2.16. The van der Waals surface area contributed by atoms with Crippen molar-refractivity contribution in [3.8, 4) is 5.69 Å². The highest BCUT2D eigenvalue weighted by molar-refractivity contribution is 7.71. The minimum absolute atomic E-state index is 0.607. The Labute approximate surface area is 103 Å². The number of hydrogen-bond donors (Lipinski definition) is 2. The van der Waals surface area contributed by atoms with E-state index in [0.717, 1.165) is 11.2 Å². The Balaban J connectivity index is 2.45. The molecule has 3 rings (SSSR count). The molecule has 86 valence electrons. The van der Waals surface area contributed by atoms with Gasteiger partial charge in [-0.1, -0.05) is 6.07 Å². The summed E-state index contributed by atoms with van der Waals surface area (Å²) in [5.74, 6) is 0. The molecule has 0 spiro atoms. The Morgan fingerprint density at radius 2 is 2.12 bits per heavy atom. The van der Waals surface area contributed by atoms with E-state index < -0.39 is 0 Å². The van der Waals surface area contributed by atoms with Gasteiger partial charge in [0.05, 0.1) is 5.69 Å². The van der Waals surface area contributed by atoms with E-state index in [1.807, 2.05) is 16.7 Å².